The molecule has 27 heavy (non-hydrogen) atoms. The van der Waals surface area contributed by atoms with E-state index < -0.39 is 0 Å². The largest absolute Gasteiger partial charge is 0.484 e. The number of hydrogen-bond acceptors (Lipinski definition) is 4. The van der Waals surface area contributed by atoms with E-state index in [-0.39, 0.29) is 23.1 Å². The van der Waals surface area contributed by atoms with Crippen molar-refractivity contribution in [1.82, 2.24) is 4.90 Å². The highest BCUT2D eigenvalue weighted by atomic mass is 16.6. The third-order valence-corrected chi connectivity index (χ3v) is 4.84. The molecule has 1 aliphatic heterocycles. The molecular weight excluding hydrogens is 346 g/mol. The number of ether oxygens (including phenoxy) is 1. The van der Waals surface area contributed by atoms with Gasteiger partial charge in [0.05, 0.1) is 36.7 Å². The number of nitro benzene ring substituents is 1. The van der Waals surface area contributed by atoms with Crippen LogP contribution in [-0.4, -0.2) is 48.5 Å². The number of para-hydroxylation sites is 1. The Kier molecular flexibility index (Phi) is 6.03. The number of hydrogen-bond donors (Lipinski definition) is 1. The number of nitro groups is 1. The molecule has 2 aromatic rings. The number of carbonyl (C=O) groups is 1. The van der Waals surface area contributed by atoms with Gasteiger partial charge in [0.1, 0.15) is 12.3 Å². The number of aryl methyl sites for hydroxylation is 1. The molecule has 0 saturated carbocycles. The summed E-state index contributed by atoms with van der Waals surface area (Å²) in [7, 11) is 0. The van der Waals surface area contributed by atoms with Crippen LogP contribution in [0.25, 0.3) is 0 Å². The minimum absolute atomic E-state index is 0.0275. The zero-order valence-corrected chi connectivity index (χ0v) is 15.4. The molecule has 142 valence electrons. The molecule has 0 aliphatic carbocycles. The predicted octanol–water partition coefficient (Wildman–Crippen LogP) is 1.21. The molecule has 0 unspecified atom stereocenters. The molecule has 0 spiro atoms. The first-order valence-corrected chi connectivity index (χ1v) is 9.06. The first-order chi connectivity index (χ1) is 13.0. The molecule has 0 bridgehead atoms. The Bertz CT molecular complexity index is 799. The number of quaternary nitrogens is 1. The van der Waals surface area contributed by atoms with Gasteiger partial charge in [0, 0.05) is 6.07 Å². The zero-order valence-electron chi connectivity index (χ0n) is 15.4. The Hall–Kier alpha value is -2.93. The molecule has 7 heteroatoms. The average molecular weight is 370 g/mol. The van der Waals surface area contributed by atoms with Crippen molar-refractivity contribution in [1.29, 1.82) is 0 Å². The van der Waals surface area contributed by atoms with Crippen molar-refractivity contribution in [3.05, 3.63) is 69.8 Å². The van der Waals surface area contributed by atoms with E-state index in [1.165, 1.54) is 11.0 Å². The molecular formula is C20H24N3O4+. The lowest BCUT2D eigenvalue weighted by Crippen LogP contribution is -3.13. The van der Waals surface area contributed by atoms with E-state index in [2.05, 4.69) is 0 Å². The molecule has 1 N–H and O–H groups in total. The summed E-state index contributed by atoms with van der Waals surface area (Å²) in [5.74, 6) is 0.662. The van der Waals surface area contributed by atoms with Crippen molar-refractivity contribution in [2.45, 2.75) is 13.5 Å². The van der Waals surface area contributed by atoms with Crippen molar-refractivity contribution in [3.63, 3.8) is 0 Å². The second-order valence-electron chi connectivity index (χ2n) is 6.80. The summed E-state index contributed by atoms with van der Waals surface area (Å²) >= 11 is 0. The molecule has 3 rings (SSSR count). The van der Waals surface area contributed by atoms with Crippen molar-refractivity contribution in [3.8, 4) is 5.75 Å². The Morgan fingerprint density at radius 3 is 2.48 bits per heavy atom. The summed E-state index contributed by atoms with van der Waals surface area (Å²) < 4.78 is 5.57. The Balaban J connectivity index is 1.48. The predicted molar refractivity (Wildman–Crippen MR) is 101 cm³/mol. The number of rotatable bonds is 6. The standard InChI is InChI=1S/C20H23N3O4/c1-16-6-8-18(9-7-16)27-15-20(24)22-12-10-21(11-13-22)14-17-4-2-3-5-19(17)23(25)26/h2-9H,10-15H2,1H3/p+1. The van der Waals surface area contributed by atoms with Crippen molar-refractivity contribution >= 4 is 11.6 Å². The smallest absolute Gasteiger partial charge is 0.278 e. The molecule has 0 aromatic heterocycles. The number of carbonyl (C=O) groups excluding carboxylic acids is 1. The van der Waals surface area contributed by atoms with Crippen LogP contribution in [0.5, 0.6) is 5.75 Å². The fourth-order valence-electron chi connectivity index (χ4n) is 3.23. The van der Waals surface area contributed by atoms with Crippen LogP contribution in [0, 0.1) is 17.0 Å². The molecule has 1 amide bonds. The van der Waals surface area contributed by atoms with E-state index in [0.29, 0.717) is 25.4 Å². The number of piperazine rings is 1. The molecule has 1 aliphatic rings. The summed E-state index contributed by atoms with van der Waals surface area (Å²) in [4.78, 5) is 26.2. The summed E-state index contributed by atoms with van der Waals surface area (Å²) in [5.41, 5.74) is 2.04. The van der Waals surface area contributed by atoms with E-state index in [0.717, 1.165) is 24.2 Å². The van der Waals surface area contributed by atoms with Gasteiger partial charge in [0.2, 0.25) is 0 Å². The summed E-state index contributed by atoms with van der Waals surface area (Å²) in [6.07, 6.45) is 0. The second-order valence-corrected chi connectivity index (χ2v) is 6.80. The number of benzene rings is 2. The van der Waals surface area contributed by atoms with Crippen LogP contribution >= 0.6 is 0 Å². The lowest BCUT2D eigenvalue weighted by Gasteiger charge is -2.32. The van der Waals surface area contributed by atoms with E-state index in [1.807, 2.05) is 37.3 Å². The third-order valence-electron chi connectivity index (χ3n) is 4.84. The molecule has 1 fully saturated rings. The molecule has 7 nitrogen and oxygen atoms in total. The fraction of sp³-hybridized carbons (Fsp3) is 0.350. The Morgan fingerprint density at radius 2 is 1.81 bits per heavy atom. The maximum atomic E-state index is 12.3. The van der Waals surface area contributed by atoms with Crippen LogP contribution < -0.4 is 9.64 Å². The highest BCUT2D eigenvalue weighted by Crippen LogP contribution is 2.16. The van der Waals surface area contributed by atoms with E-state index in [9.17, 15) is 14.9 Å². The van der Waals surface area contributed by atoms with Gasteiger partial charge < -0.3 is 14.5 Å². The van der Waals surface area contributed by atoms with Crippen LogP contribution in [-0.2, 0) is 11.3 Å². The summed E-state index contributed by atoms with van der Waals surface area (Å²) in [6, 6.07) is 14.5. The number of amides is 1. The minimum Gasteiger partial charge on any atom is -0.484 e. The number of nitrogens with one attached hydrogen (secondary N) is 1. The van der Waals surface area contributed by atoms with Gasteiger partial charge in [-0.2, -0.15) is 0 Å². The van der Waals surface area contributed by atoms with Gasteiger partial charge in [-0.15, -0.1) is 0 Å². The van der Waals surface area contributed by atoms with Crippen LogP contribution in [0.1, 0.15) is 11.1 Å². The zero-order chi connectivity index (χ0) is 19.2. The average Bonchev–Trinajstić information content (AvgIpc) is 2.68. The van der Waals surface area contributed by atoms with Crippen molar-refractivity contribution < 1.29 is 19.4 Å². The van der Waals surface area contributed by atoms with Crippen molar-refractivity contribution in [2.24, 2.45) is 0 Å². The van der Waals surface area contributed by atoms with E-state index >= 15 is 0 Å². The lowest BCUT2D eigenvalue weighted by molar-refractivity contribution is -0.917. The van der Waals surface area contributed by atoms with E-state index in [4.69, 9.17) is 4.74 Å². The summed E-state index contributed by atoms with van der Waals surface area (Å²) in [5, 5.41) is 11.1. The normalized spacial score (nSPS) is 14.8. The quantitative estimate of drug-likeness (QED) is 0.613. The molecule has 2 aromatic carbocycles. The molecule has 0 radical (unpaired) electrons. The maximum Gasteiger partial charge on any atom is 0.278 e. The van der Waals surface area contributed by atoms with E-state index in [1.54, 1.807) is 17.0 Å². The molecule has 1 heterocycles. The highest BCUT2D eigenvalue weighted by Gasteiger charge is 2.26. The monoisotopic (exact) mass is 370 g/mol. The second kappa shape index (κ2) is 8.64. The van der Waals surface area contributed by atoms with Crippen LogP contribution in [0.2, 0.25) is 0 Å². The van der Waals surface area contributed by atoms with Gasteiger partial charge in [0.15, 0.2) is 6.61 Å². The molecule has 0 atom stereocenters. The van der Waals surface area contributed by atoms with Gasteiger partial charge in [-0.05, 0) is 25.1 Å². The van der Waals surface area contributed by atoms with Crippen LogP contribution in [0.15, 0.2) is 48.5 Å². The van der Waals surface area contributed by atoms with Crippen LogP contribution in [0.3, 0.4) is 0 Å². The van der Waals surface area contributed by atoms with Gasteiger partial charge in [0.25, 0.3) is 11.6 Å². The van der Waals surface area contributed by atoms with Gasteiger partial charge >= 0.3 is 0 Å². The Labute approximate surface area is 158 Å². The topological polar surface area (TPSA) is 77.1 Å². The molecule has 1 saturated heterocycles. The van der Waals surface area contributed by atoms with Crippen LogP contribution in [0.4, 0.5) is 5.69 Å². The van der Waals surface area contributed by atoms with Gasteiger partial charge in [-0.1, -0.05) is 29.8 Å². The SMILES string of the molecule is Cc1ccc(OCC(=O)N2CC[NH+](Cc3ccccc3[N+](=O)[O-])CC2)cc1. The van der Waals surface area contributed by atoms with Crippen molar-refractivity contribution in [2.75, 3.05) is 32.8 Å². The van der Waals surface area contributed by atoms with Gasteiger partial charge in [-0.3, -0.25) is 14.9 Å². The first kappa shape index (κ1) is 18.8. The lowest BCUT2D eigenvalue weighted by atomic mass is 10.1. The maximum absolute atomic E-state index is 12.3. The minimum atomic E-state index is -0.336. The Morgan fingerprint density at radius 1 is 1.15 bits per heavy atom. The first-order valence-electron chi connectivity index (χ1n) is 9.06. The number of nitrogens with zero attached hydrogens (tertiary/aromatic N) is 2. The fourth-order valence-corrected chi connectivity index (χ4v) is 3.23. The third kappa shape index (κ3) is 5.04. The summed E-state index contributed by atoms with van der Waals surface area (Å²) in [6.45, 7) is 5.42. The highest BCUT2D eigenvalue weighted by molar-refractivity contribution is 5.77. The van der Waals surface area contributed by atoms with Gasteiger partial charge in [-0.25, -0.2) is 0 Å².